The van der Waals surface area contributed by atoms with E-state index in [1.54, 1.807) is 0 Å². The zero-order valence-corrected chi connectivity index (χ0v) is 13.1. The third-order valence-corrected chi connectivity index (χ3v) is 4.81. The van der Waals surface area contributed by atoms with Gasteiger partial charge in [-0.1, -0.05) is 17.7 Å². The number of carbonyl (C=O) groups excluding carboxylic acids is 1. The predicted octanol–water partition coefficient (Wildman–Crippen LogP) is 3.40. The van der Waals surface area contributed by atoms with E-state index in [0.29, 0.717) is 5.02 Å². The van der Waals surface area contributed by atoms with Gasteiger partial charge in [0.05, 0.1) is 10.7 Å². The number of hydrogen-bond donors (Lipinski definition) is 2. The Labute approximate surface area is 130 Å². The molecule has 1 atom stereocenters. The molecule has 1 saturated heterocycles. The van der Waals surface area contributed by atoms with Crippen molar-refractivity contribution in [2.24, 2.45) is 11.3 Å². The molecule has 20 heavy (non-hydrogen) atoms. The van der Waals surface area contributed by atoms with E-state index in [1.165, 1.54) is 0 Å². The van der Waals surface area contributed by atoms with Gasteiger partial charge in [-0.15, -0.1) is 12.4 Å². The molecule has 5 heteroatoms. The van der Waals surface area contributed by atoms with Crippen molar-refractivity contribution in [3.8, 4) is 0 Å². The maximum atomic E-state index is 12.3. The van der Waals surface area contributed by atoms with Gasteiger partial charge in [0.15, 0.2) is 0 Å². The second kappa shape index (κ2) is 5.92. The number of nitrogens with one attached hydrogen (secondary N) is 2. The summed E-state index contributed by atoms with van der Waals surface area (Å²) in [6.45, 7) is 4.07. The van der Waals surface area contributed by atoms with Crippen LogP contribution in [0.4, 0.5) is 5.69 Å². The molecule has 2 N–H and O–H groups in total. The number of benzene rings is 1. The van der Waals surface area contributed by atoms with Crippen LogP contribution in [0, 0.1) is 18.3 Å². The highest BCUT2D eigenvalue weighted by Gasteiger charge is 2.57. The fraction of sp³-hybridized carbons (Fsp3) is 0.533. The second-order valence-corrected chi connectivity index (χ2v) is 6.25. The Balaban J connectivity index is 0.00000147. The smallest absolute Gasteiger partial charge is 0.228 e. The van der Waals surface area contributed by atoms with Gasteiger partial charge in [0.1, 0.15) is 0 Å². The molecule has 1 aliphatic heterocycles. The van der Waals surface area contributed by atoms with Gasteiger partial charge >= 0.3 is 0 Å². The Bertz CT molecular complexity index is 513. The minimum absolute atomic E-state index is 0. The molecule has 0 aromatic heterocycles. The Morgan fingerprint density at radius 1 is 1.40 bits per heavy atom. The molecule has 1 amide bonds. The molecule has 0 bridgehead atoms. The minimum atomic E-state index is 0. The first-order valence-electron chi connectivity index (χ1n) is 6.88. The molecule has 3 rings (SSSR count). The quantitative estimate of drug-likeness (QED) is 0.878. The highest BCUT2D eigenvalue weighted by Crippen LogP contribution is 2.58. The maximum absolute atomic E-state index is 12.3. The van der Waals surface area contributed by atoms with Crippen LogP contribution in [0.3, 0.4) is 0 Å². The van der Waals surface area contributed by atoms with Crippen LogP contribution >= 0.6 is 24.0 Å². The lowest BCUT2D eigenvalue weighted by Gasteiger charge is -2.23. The summed E-state index contributed by atoms with van der Waals surface area (Å²) in [5.41, 5.74) is 2.11. The predicted molar refractivity (Wildman–Crippen MR) is 84.7 cm³/mol. The third-order valence-electron chi connectivity index (χ3n) is 4.49. The van der Waals surface area contributed by atoms with Gasteiger partial charge < -0.3 is 10.6 Å². The van der Waals surface area contributed by atoms with Gasteiger partial charge in [-0.25, -0.2) is 0 Å². The Morgan fingerprint density at radius 2 is 2.10 bits per heavy atom. The van der Waals surface area contributed by atoms with Crippen molar-refractivity contribution in [1.82, 2.24) is 5.32 Å². The van der Waals surface area contributed by atoms with Gasteiger partial charge in [-0.2, -0.15) is 0 Å². The number of amides is 1. The zero-order valence-electron chi connectivity index (χ0n) is 11.5. The van der Waals surface area contributed by atoms with Crippen LogP contribution in [0.25, 0.3) is 0 Å². The molecule has 3 nitrogen and oxygen atoms in total. The van der Waals surface area contributed by atoms with Crippen LogP contribution in [0.5, 0.6) is 0 Å². The van der Waals surface area contributed by atoms with Crippen molar-refractivity contribution < 1.29 is 4.79 Å². The molecule has 1 aromatic rings. The molecule has 0 radical (unpaired) electrons. The number of piperidine rings is 1. The monoisotopic (exact) mass is 314 g/mol. The molecule has 1 saturated carbocycles. The standard InChI is InChI=1S/C15H19ClN2O.ClH/c1-10-2-3-12(16)13(8-10)18-14(19)11-9-15(11)4-6-17-7-5-15;/h2-3,8,11,17H,4-7,9H2,1H3,(H,18,19);1H. The summed E-state index contributed by atoms with van der Waals surface area (Å²) in [5.74, 6) is 0.306. The average Bonchev–Trinajstić information content (AvgIpc) is 3.08. The summed E-state index contributed by atoms with van der Waals surface area (Å²) in [7, 11) is 0. The van der Waals surface area contributed by atoms with E-state index in [2.05, 4.69) is 10.6 Å². The van der Waals surface area contributed by atoms with Crippen LogP contribution in [-0.4, -0.2) is 19.0 Å². The van der Waals surface area contributed by atoms with Crippen LogP contribution in [0.1, 0.15) is 24.8 Å². The maximum Gasteiger partial charge on any atom is 0.228 e. The summed E-state index contributed by atoms with van der Waals surface area (Å²) in [4.78, 5) is 12.3. The van der Waals surface area contributed by atoms with Crippen molar-refractivity contribution >= 4 is 35.6 Å². The van der Waals surface area contributed by atoms with Gasteiger partial charge in [-0.3, -0.25) is 4.79 Å². The molecule has 1 spiro atoms. The van der Waals surface area contributed by atoms with E-state index in [9.17, 15) is 4.79 Å². The highest BCUT2D eigenvalue weighted by molar-refractivity contribution is 6.33. The van der Waals surface area contributed by atoms with Crippen LogP contribution in [0.2, 0.25) is 5.02 Å². The number of hydrogen-bond acceptors (Lipinski definition) is 2. The van der Waals surface area contributed by atoms with Crippen LogP contribution in [0.15, 0.2) is 18.2 Å². The second-order valence-electron chi connectivity index (χ2n) is 5.84. The average molecular weight is 315 g/mol. The van der Waals surface area contributed by atoms with E-state index >= 15 is 0 Å². The lowest BCUT2D eigenvalue weighted by molar-refractivity contribution is -0.118. The topological polar surface area (TPSA) is 41.1 Å². The minimum Gasteiger partial charge on any atom is -0.324 e. The summed E-state index contributed by atoms with van der Waals surface area (Å²) < 4.78 is 0. The molecule has 1 aliphatic carbocycles. The highest BCUT2D eigenvalue weighted by atomic mass is 35.5. The molecular formula is C15H20Cl2N2O. The van der Waals surface area contributed by atoms with Crippen LogP contribution < -0.4 is 10.6 Å². The van der Waals surface area contributed by atoms with Crippen molar-refractivity contribution in [3.63, 3.8) is 0 Å². The first-order valence-corrected chi connectivity index (χ1v) is 7.26. The van der Waals surface area contributed by atoms with E-state index in [4.69, 9.17) is 11.6 Å². The molecule has 1 unspecified atom stereocenters. The van der Waals surface area contributed by atoms with E-state index < -0.39 is 0 Å². The fourth-order valence-electron chi connectivity index (χ4n) is 3.15. The molecule has 1 heterocycles. The fourth-order valence-corrected chi connectivity index (χ4v) is 3.32. The van der Waals surface area contributed by atoms with Gasteiger partial charge in [0, 0.05) is 5.92 Å². The number of rotatable bonds is 2. The Kier molecular flexibility index (Phi) is 4.62. The van der Waals surface area contributed by atoms with Crippen molar-refractivity contribution in [3.05, 3.63) is 28.8 Å². The molecule has 2 aliphatic rings. The zero-order chi connectivity index (χ0) is 13.5. The number of carbonyl (C=O) groups is 1. The van der Waals surface area contributed by atoms with E-state index in [1.807, 2.05) is 25.1 Å². The Hall–Kier alpha value is -0.770. The normalized spacial score (nSPS) is 23.0. The summed E-state index contributed by atoms with van der Waals surface area (Å²) in [6.07, 6.45) is 3.27. The largest absolute Gasteiger partial charge is 0.324 e. The van der Waals surface area contributed by atoms with Crippen molar-refractivity contribution in [2.75, 3.05) is 18.4 Å². The van der Waals surface area contributed by atoms with E-state index in [0.717, 1.165) is 43.6 Å². The van der Waals surface area contributed by atoms with Crippen molar-refractivity contribution in [2.45, 2.75) is 26.2 Å². The van der Waals surface area contributed by atoms with Gasteiger partial charge in [0.2, 0.25) is 5.91 Å². The lowest BCUT2D eigenvalue weighted by atomic mass is 9.92. The molecule has 1 aromatic carbocycles. The number of halogens is 2. The first-order chi connectivity index (χ1) is 9.11. The summed E-state index contributed by atoms with van der Waals surface area (Å²) in [5, 5.41) is 6.96. The van der Waals surface area contributed by atoms with Crippen molar-refractivity contribution in [1.29, 1.82) is 0 Å². The number of anilines is 1. The third kappa shape index (κ3) is 2.95. The Morgan fingerprint density at radius 3 is 2.80 bits per heavy atom. The van der Waals surface area contributed by atoms with E-state index in [-0.39, 0.29) is 29.6 Å². The molecular weight excluding hydrogens is 295 g/mol. The first kappa shape index (κ1) is 15.6. The lowest BCUT2D eigenvalue weighted by Crippen LogP contribution is -2.31. The summed E-state index contributed by atoms with van der Waals surface area (Å²) >= 11 is 6.12. The van der Waals surface area contributed by atoms with Gasteiger partial charge in [0.25, 0.3) is 0 Å². The molecule has 110 valence electrons. The van der Waals surface area contributed by atoms with Gasteiger partial charge in [-0.05, 0) is 62.4 Å². The molecule has 2 fully saturated rings. The summed E-state index contributed by atoms with van der Waals surface area (Å²) in [6, 6.07) is 5.71. The SMILES string of the molecule is Cc1ccc(Cl)c(NC(=O)C2CC23CCNCC3)c1.Cl. The number of aryl methyl sites for hydroxylation is 1. The van der Waals surface area contributed by atoms with Crippen LogP contribution in [-0.2, 0) is 4.79 Å².